The van der Waals surface area contributed by atoms with Gasteiger partial charge in [-0.15, -0.1) is 0 Å². The standard InChI is InChI=1S/C11H16ClN3O3/c1-6(2)13-8(16)5-18-11(17)9-7(3)14-15(4)10(9)12/h6H,5H2,1-4H3,(H,13,16). The molecule has 0 radical (unpaired) electrons. The molecule has 1 aromatic heterocycles. The van der Waals surface area contributed by atoms with E-state index in [2.05, 4.69) is 10.4 Å². The number of amides is 1. The van der Waals surface area contributed by atoms with Gasteiger partial charge in [0, 0.05) is 13.1 Å². The summed E-state index contributed by atoms with van der Waals surface area (Å²) in [5, 5.41) is 6.80. The first-order valence-corrected chi connectivity index (χ1v) is 5.86. The molecule has 0 aliphatic carbocycles. The van der Waals surface area contributed by atoms with Gasteiger partial charge in [0.15, 0.2) is 6.61 Å². The van der Waals surface area contributed by atoms with Gasteiger partial charge in [-0.05, 0) is 20.8 Å². The first-order valence-electron chi connectivity index (χ1n) is 5.48. The van der Waals surface area contributed by atoms with Crippen LogP contribution in [-0.2, 0) is 16.6 Å². The van der Waals surface area contributed by atoms with E-state index in [1.807, 2.05) is 13.8 Å². The van der Waals surface area contributed by atoms with Crippen molar-refractivity contribution < 1.29 is 14.3 Å². The topological polar surface area (TPSA) is 73.2 Å². The van der Waals surface area contributed by atoms with E-state index in [1.54, 1.807) is 14.0 Å². The zero-order valence-electron chi connectivity index (χ0n) is 10.8. The molecule has 7 heteroatoms. The number of hydrogen-bond acceptors (Lipinski definition) is 4. The molecule has 6 nitrogen and oxygen atoms in total. The third-order valence-corrected chi connectivity index (χ3v) is 2.57. The van der Waals surface area contributed by atoms with Crippen LogP contribution in [0.2, 0.25) is 5.15 Å². The Labute approximate surface area is 110 Å². The summed E-state index contributed by atoms with van der Waals surface area (Å²) in [4.78, 5) is 23.1. The van der Waals surface area contributed by atoms with E-state index in [-0.39, 0.29) is 29.3 Å². The normalized spacial score (nSPS) is 10.6. The van der Waals surface area contributed by atoms with Crippen molar-refractivity contribution in [2.24, 2.45) is 7.05 Å². The summed E-state index contributed by atoms with van der Waals surface area (Å²) in [5.74, 6) is -1.000. The zero-order valence-corrected chi connectivity index (χ0v) is 11.5. The van der Waals surface area contributed by atoms with Gasteiger partial charge in [0.25, 0.3) is 5.91 Å². The summed E-state index contributed by atoms with van der Waals surface area (Å²) in [6.07, 6.45) is 0. The maximum Gasteiger partial charge on any atom is 0.343 e. The van der Waals surface area contributed by atoms with Crippen LogP contribution >= 0.6 is 11.6 Å². The SMILES string of the molecule is Cc1nn(C)c(Cl)c1C(=O)OCC(=O)NC(C)C. The lowest BCUT2D eigenvalue weighted by molar-refractivity contribution is -0.124. The van der Waals surface area contributed by atoms with Gasteiger partial charge in [0.05, 0.1) is 5.69 Å². The average Bonchev–Trinajstić information content (AvgIpc) is 2.49. The molecule has 0 bridgehead atoms. The van der Waals surface area contributed by atoms with Gasteiger partial charge in [-0.25, -0.2) is 4.79 Å². The van der Waals surface area contributed by atoms with Crippen molar-refractivity contribution in [3.8, 4) is 0 Å². The lowest BCUT2D eigenvalue weighted by Gasteiger charge is -2.08. The van der Waals surface area contributed by atoms with Crippen LogP contribution in [0.1, 0.15) is 29.9 Å². The molecule has 0 fully saturated rings. The minimum atomic E-state index is -0.649. The van der Waals surface area contributed by atoms with Crippen LogP contribution in [-0.4, -0.2) is 34.3 Å². The first kappa shape index (κ1) is 14.5. The fourth-order valence-electron chi connectivity index (χ4n) is 1.43. The number of aromatic nitrogens is 2. The molecule has 0 unspecified atom stereocenters. The molecule has 1 amide bonds. The highest BCUT2D eigenvalue weighted by molar-refractivity contribution is 6.32. The smallest absolute Gasteiger partial charge is 0.343 e. The van der Waals surface area contributed by atoms with Crippen molar-refractivity contribution in [2.45, 2.75) is 26.8 Å². The van der Waals surface area contributed by atoms with Gasteiger partial charge in [-0.2, -0.15) is 5.10 Å². The maximum absolute atomic E-state index is 11.7. The van der Waals surface area contributed by atoms with Crippen LogP contribution in [0.15, 0.2) is 0 Å². The number of nitrogens with one attached hydrogen (secondary N) is 1. The van der Waals surface area contributed by atoms with Crippen LogP contribution in [0, 0.1) is 6.92 Å². The number of carbonyl (C=O) groups is 2. The Balaban J connectivity index is 2.64. The quantitative estimate of drug-likeness (QED) is 0.833. The number of hydrogen-bond donors (Lipinski definition) is 1. The summed E-state index contributed by atoms with van der Waals surface area (Å²) in [6, 6.07) is -0.0000759. The Bertz CT molecular complexity index is 468. The first-order chi connectivity index (χ1) is 8.32. The molecule has 1 N–H and O–H groups in total. The van der Waals surface area contributed by atoms with Crippen LogP contribution in [0.4, 0.5) is 0 Å². The van der Waals surface area contributed by atoms with E-state index in [4.69, 9.17) is 16.3 Å². The second-order valence-corrected chi connectivity index (χ2v) is 4.53. The van der Waals surface area contributed by atoms with Gasteiger partial charge >= 0.3 is 5.97 Å². The van der Waals surface area contributed by atoms with E-state index in [0.717, 1.165) is 0 Å². The fraction of sp³-hybridized carbons (Fsp3) is 0.545. The summed E-state index contributed by atoms with van der Waals surface area (Å²) >= 11 is 5.91. The second-order valence-electron chi connectivity index (χ2n) is 4.17. The van der Waals surface area contributed by atoms with Gasteiger partial charge in [0.1, 0.15) is 10.7 Å². The highest BCUT2D eigenvalue weighted by atomic mass is 35.5. The van der Waals surface area contributed by atoms with Crippen LogP contribution < -0.4 is 5.32 Å². The molecule has 0 aliphatic heterocycles. The van der Waals surface area contributed by atoms with Crippen molar-refractivity contribution >= 4 is 23.5 Å². The number of rotatable bonds is 4. The lowest BCUT2D eigenvalue weighted by Crippen LogP contribution is -2.34. The van der Waals surface area contributed by atoms with Crippen LogP contribution in [0.3, 0.4) is 0 Å². The minimum absolute atomic E-state index is 0.0000759. The number of carbonyl (C=O) groups excluding carboxylic acids is 2. The molecule has 0 aliphatic rings. The van der Waals surface area contributed by atoms with Gasteiger partial charge < -0.3 is 10.1 Å². The molecule has 0 saturated heterocycles. The van der Waals surface area contributed by atoms with E-state index >= 15 is 0 Å². The molecule has 1 rings (SSSR count). The Morgan fingerprint density at radius 3 is 2.56 bits per heavy atom. The van der Waals surface area contributed by atoms with Crippen LogP contribution in [0.25, 0.3) is 0 Å². The Morgan fingerprint density at radius 2 is 2.11 bits per heavy atom. The predicted molar refractivity (Wildman–Crippen MR) is 66.5 cm³/mol. The highest BCUT2D eigenvalue weighted by Crippen LogP contribution is 2.19. The lowest BCUT2D eigenvalue weighted by atomic mass is 10.3. The molecule has 1 heterocycles. The van der Waals surface area contributed by atoms with Gasteiger partial charge in [-0.1, -0.05) is 11.6 Å². The van der Waals surface area contributed by atoms with E-state index in [1.165, 1.54) is 4.68 Å². The van der Waals surface area contributed by atoms with Crippen molar-refractivity contribution in [3.63, 3.8) is 0 Å². The van der Waals surface area contributed by atoms with Crippen molar-refractivity contribution in [1.82, 2.24) is 15.1 Å². The molecule has 0 spiro atoms. The number of halogens is 1. The van der Waals surface area contributed by atoms with Crippen molar-refractivity contribution in [1.29, 1.82) is 0 Å². The Hall–Kier alpha value is -1.56. The molecular formula is C11H16ClN3O3. The molecule has 0 aromatic carbocycles. The molecule has 18 heavy (non-hydrogen) atoms. The van der Waals surface area contributed by atoms with Crippen molar-refractivity contribution in [2.75, 3.05) is 6.61 Å². The van der Waals surface area contributed by atoms with E-state index < -0.39 is 5.97 Å². The maximum atomic E-state index is 11.7. The molecule has 1 aromatic rings. The zero-order chi connectivity index (χ0) is 13.9. The summed E-state index contributed by atoms with van der Waals surface area (Å²) in [7, 11) is 1.62. The third-order valence-electron chi connectivity index (χ3n) is 2.14. The monoisotopic (exact) mass is 273 g/mol. The van der Waals surface area contributed by atoms with E-state index in [9.17, 15) is 9.59 Å². The summed E-state index contributed by atoms with van der Waals surface area (Å²) in [5.41, 5.74) is 0.660. The predicted octanol–water partition coefficient (Wildman–Crippen LogP) is 1.06. The number of ether oxygens (including phenoxy) is 1. The summed E-state index contributed by atoms with van der Waals surface area (Å²) < 4.78 is 6.25. The van der Waals surface area contributed by atoms with Crippen LogP contribution in [0.5, 0.6) is 0 Å². The molecule has 0 atom stereocenters. The third kappa shape index (κ3) is 3.46. The highest BCUT2D eigenvalue weighted by Gasteiger charge is 2.21. The molecular weight excluding hydrogens is 258 g/mol. The van der Waals surface area contributed by atoms with E-state index in [0.29, 0.717) is 5.69 Å². The largest absolute Gasteiger partial charge is 0.452 e. The Kier molecular flexibility index (Phi) is 4.72. The number of esters is 1. The number of aryl methyl sites for hydroxylation is 2. The van der Waals surface area contributed by atoms with Gasteiger partial charge in [-0.3, -0.25) is 9.48 Å². The summed E-state index contributed by atoms with van der Waals surface area (Å²) in [6.45, 7) is 4.96. The minimum Gasteiger partial charge on any atom is -0.452 e. The fourth-order valence-corrected chi connectivity index (χ4v) is 1.68. The molecule has 0 saturated carbocycles. The molecule has 100 valence electrons. The Morgan fingerprint density at radius 1 is 1.50 bits per heavy atom. The second kappa shape index (κ2) is 5.86. The van der Waals surface area contributed by atoms with Crippen molar-refractivity contribution in [3.05, 3.63) is 16.4 Å². The van der Waals surface area contributed by atoms with Gasteiger partial charge in [0.2, 0.25) is 0 Å². The average molecular weight is 274 g/mol. The number of nitrogens with zero attached hydrogens (tertiary/aromatic N) is 2.